The summed E-state index contributed by atoms with van der Waals surface area (Å²) >= 11 is 1.01. The topological polar surface area (TPSA) is 181 Å². The number of esters is 1. The maximum Gasteiger partial charge on any atom is 0.392 e. The van der Waals surface area contributed by atoms with E-state index >= 15 is 0 Å². The van der Waals surface area contributed by atoms with Crippen molar-refractivity contribution in [2.24, 2.45) is 0 Å². The van der Waals surface area contributed by atoms with Crippen LogP contribution in [0.1, 0.15) is 12.5 Å². The van der Waals surface area contributed by atoms with E-state index in [9.17, 15) is 25.0 Å². The molecule has 0 radical (unpaired) electrons. The summed E-state index contributed by atoms with van der Waals surface area (Å²) in [6, 6.07) is 4.95. The fourth-order valence-corrected chi connectivity index (χ4v) is 2.43. The fourth-order valence-electron chi connectivity index (χ4n) is 2.08. The Morgan fingerprint density at radius 3 is 2.50 bits per heavy atom. The first-order chi connectivity index (χ1) is 14.3. The van der Waals surface area contributed by atoms with Gasteiger partial charge in [-0.25, -0.2) is 4.79 Å². The molecule has 1 heterocycles. The largest absolute Gasteiger partial charge is 0.463 e. The molecule has 0 amide bonds. The Hall–Kier alpha value is -3.99. The van der Waals surface area contributed by atoms with Crippen LogP contribution in [0.4, 0.5) is 11.4 Å². The van der Waals surface area contributed by atoms with E-state index in [1.54, 1.807) is 19.2 Å². The summed E-state index contributed by atoms with van der Waals surface area (Å²) in [6.45, 7) is 1.04. The highest BCUT2D eigenvalue weighted by Gasteiger charge is 2.30. The van der Waals surface area contributed by atoms with Gasteiger partial charge in [0.1, 0.15) is 17.4 Å². The number of benzene rings is 1. The summed E-state index contributed by atoms with van der Waals surface area (Å²) in [4.78, 5) is 40.3. The van der Waals surface area contributed by atoms with E-state index in [4.69, 9.17) is 19.5 Å². The molecule has 1 aromatic carbocycles. The average molecular weight is 435 g/mol. The molecule has 14 heteroatoms. The number of hydrogen-bond acceptors (Lipinski definition) is 12. The van der Waals surface area contributed by atoms with E-state index in [1.807, 2.05) is 0 Å². The molecule has 30 heavy (non-hydrogen) atoms. The number of carbonyl (C=O) groups excluding carboxylic acids is 1. The number of aromatic nitrogens is 2. The van der Waals surface area contributed by atoms with Crippen molar-refractivity contribution in [3.63, 3.8) is 0 Å². The molecule has 0 unspecified atom stereocenters. The van der Waals surface area contributed by atoms with Gasteiger partial charge in [-0.15, -0.1) is 0 Å². The smallest absolute Gasteiger partial charge is 0.392 e. The van der Waals surface area contributed by atoms with Gasteiger partial charge in [0.15, 0.2) is 11.8 Å². The van der Waals surface area contributed by atoms with Crippen molar-refractivity contribution in [2.75, 3.05) is 19.5 Å². The zero-order valence-corrected chi connectivity index (χ0v) is 16.4. The van der Waals surface area contributed by atoms with Gasteiger partial charge < -0.3 is 14.2 Å². The Morgan fingerprint density at radius 1 is 1.23 bits per heavy atom. The molecule has 0 aliphatic carbocycles. The number of nitro groups is 2. The molecule has 0 atom stereocenters. The van der Waals surface area contributed by atoms with Crippen LogP contribution in [0.15, 0.2) is 23.4 Å². The maximum absolute atomic E-state index is 11.6. The molecule has 2 aromatic rings. The molecule has 0 saturated carbocycles. The third kappa shape index (κ3) is 5.29. The standard InChI is InChI=1S/C16H13N5O8S/c1-3-27-12(22)8-28-14-13(21(25)26)15(19-16(18-14)30-2)29-10-5-4-9(7-17)11(6-10)20(23)24/h4-6H,3,8H2,1-2H3. The average Bonchev–Trinajstić information content (AvgIpc) is 2.71. The first-order valence-electron chi connectivity index (χ1n) is 8.05. The zero-order valence-electron chi connectivity index (χ0n) is 15.6. The van der Waals surface area contributed by atoms with Gasteiger partial charge in [-0.1, -0.05) is 11.8 Å². The predicted molar refractivity (Wildman–Crippen MR) is 100 cm³/mol. The minimum Gasteiger partial charge on any atom is -0.463 e. The van der Waals surface area contributed by atoms with Crippen LogP contribution in [0.3, 0.4) is 0 Å². The van der Waals surface area contributed by atoms with E-state index in [-0.39, 0.29) is 23.1 Å². The van der Waals surface area contributed by atoms with Gasteiger partial charge >= 0.3 is 23.4 Å². The Bertz CT molecular complexity index is 1040. The van der Waals surface area contributed by atoms with Crippen LogP contribution < -0.4 is 9.47 Å². The summed E-state index contributed by atoms with van der Waals surface area (Å²) in [5.74, 6) is -2.03. The lowest BCUT2D eigenvalue weighted by Gasteiger charge is -2.10. The van der Waals surface area contributed by atoms with Gasteiger partial charge in [0.2, 0.25) is 0 Å². The lowest BCUT2D eigenvalue weighted by molar-refractivity contribution is -0.387. The molecule has 13 nitrogen and oxygen atoms in total. The summed E-state index contributed by atoms with van der Waals surface area (Å²) in [7, 11) is 0. The number of carbonyl (C=O) groups is 1. The van der Waals surface area contributed by atoms with Crippen molar-refractivity contribution in [2.45, 2.75) is 12.1 Å². The minimum atomic E-state index is -0.877. The SMILES string of the molecule is CCOC(=O)COc1nc(SC)nc(Oc2ccc(C#N)c([N+](=O)[O-])c2)c1[N+](=O)[O-]. The van der Waals surface area contributed by atoms with E-state index in [0.717, 1.165) is 23.9 Å². The van der Waals surface area contributed by atoms with Crippen molar-refractivity contribution in [3.8, 4) is 23.6 Å². The van der Waals surface area contributed by atoms with E-state index in [1.165, 1.54) is 6.07 Å². The van der Waals surface area contributed by atoms with Gasteiger partial charge in [-0.05, 0) is 25.3 Å². The molecule has 0 fully saturated rings. The van der Waals surface area contributed by atoms with Crippen LogP contribution in [0.5, 0.6) is 17.5 Å². The number of nitrogens with zero attached hydrogens (tertiary/aromatic N) is 5. The predicted octanol–water partition coefficient (Wildman–Crippen LogP) is 2.62. The lowest BCUT2D eigenvalue weighted by Crippen LogP contribution is -2.16. The quantitative estimate of drug-likeness (QED) is 0.185. The van der Waals surface area contributed by atoms with E-state index < -0.39 is 45.6 Å². The minimum absolute atomic E-state index is 0.0256. The second-order valence-electron chi connectivity index (χ2n) is 5.17. The molecular formula is C16H13N5O8S. The molecule has 0 bridgehead atoms. The monoisotopic (exact) mass is 435 g/mol. The van der Waals surface area contributed by atoms with Crippen LogP contribution in [-0.4, -0.2) is 45.3 Å². The number of thioether (sulfide) groups is 1. The van der Waals surface area contributed by atoms with Gasteiger partial charge in [0.05, 0.1) is 22.5 Å². The highest BCUT2D eigenvalue weighted by atomic mass is 32.2. The van der Waals surface area contributed by atoms with Crippen molar-refractivity contribution in [3.05, 3.63) is 44.0 Å². The third-order valence-corrected chi connectivity index (χ3v) is 3.85. The van der Waals surface area contributed by atoms with Crippen LogP contribution in [-0.2, 0) is 9.53 Å². The molecule has 0 saturated heterocycles. The first-order valence-corrected chi connectivity index (χ1v) is 9.28. The van der Waals surface area contributed by atoms with Crippen LogP contribution in [0.2, 0.25) is 0 Å². The molecule has 1 aromatic heterocycles. The Morgan fingerprint density at radius 2 is 1.93 bits per heavy atom. The van der Waals surface area contributed by atoms with Crippen LogP contribution in [0, 0.1) is 31.6 Å². The third-order valence-electron chi connectivity index (χ3n) is 3.30. The summed E-state index contributed by atoms with van der Waals surface area (Å²) in [6.07, 6.45) is 1.59. The van der Waals surface area contributed by atoms with E-state index in [2.05, 4.69) is 9.97 Å². The molecule has 0 aliphatic rings. The van der Waals surface area contributed by atoms with Crippen LogP contribution in [0.25, 0.3) is 0 Å². The lowest BCUT2D eigenvalue weighted by atomic mass is 10.2. The molecule has 2 rings (SSSR count). The van der Waals surface area contributed by atoms with Gasteiger partial charge in [0.25, 0.3) is 5.69 Å². The zero-order chi connectivity index (χ0) is 22.3. The van der Waals surface area contributed by atoms with E-state index in [0.29, 0.717) is 0 Å². The second kappa shape index (κ2) is 9.98. The molecular weight excluding hydrogens is 422 g/mol. The van der Waals surface area contributed by atoms with Gasteiger partial charge in [-0.3, -0.25) is 20.2 Å². The number of rotatable bonds is 9. The van der Waals surface area contributed by atoms with Crippen molar-refractivity contribution >= 4 is 29.1 Å². The normalized spacial score (nSPS) is 10.0. The Kier molecular flexibility index (Phi) is 7.42. The van der Waals surface area contributed by atoms with Crippen molar-refractivity contribution in [1.29, 1.82) is 5.26 Å². The Balaban J connectivity index is 2.49. The van der Waals surface area contributed by atoms with Crippen molar-refractivity contribution < 1.29 is 28.9 Å². The number of ether oxygens (including phenoxy) is 3. The van der Waals surface area contributed by atoms with Crippen molar-refractivity contribution in [1.82, 2.24) is 9.97 Å². The summed E-state index contributed by atoms with van der Waals surface area (Å²) < 4.78 is 15.2. The summed E-state index contributed by atoms with van der Waals surface area (Å²) in [5, 5.41) is 31.7. The van der Waals surface area contributed by atoms with Gasteiger partial charge in [0, 0.05) is 0 Å². The highest BCUT2D eigenvalue weighted by molar-refractivity contribution is 7.98. The fraction of sp³-hybridized carbons (Fsp3) is 0.250. The molecule has 0 aliphatic heterocycles. The molecule has 0 N–H and O–H groups in total. The number of nitro benzene ring substituents is 1. The second-order valence-corrected chi connectivity index (χ2v) is 5.94. The summed E-state index contributed by atoms with van der Waals surface area (Å²) in [5.41, 5.74) is -1.55. The van der Waals surface area contributed by atoms with Crippen LogP contribution >= 0.6 is 11.8 Å². The number of nitriles is 1. The van der Waals surface area contributed by atoms with Gasteiger partial charge in [-0.2, -0.15) is 15.2 Å². The highest BCUT2D eigenvalue weighted by Crippen LogP contribution is 2.38. The maximum atomic E-state index is 11.6. The molecule has 0 spiro atoms. The molecule has 156 valence electrons. The Labute approximate surface area is 172 Å². The first kappa shape index (κ1) is 22.3. The number of hydrogen-bond donors (Lipinski definition) is 0.